The lowest BCUT2D eigenvalue weighted by Crippen LogP contribution is -2.81. The van der Waals surface area contributed by atoms with Crippen LogP contribution in [0.2, 0.25) is 0 Å². The number of hydrogen-bond donors (Lipinski definition) is 5. The lowest BCUT2D eigenvalue weighted by Gasteiger charge is -2.66. The molecule has 59 heavy (non-hydrogen) atoms. The van der Waals surface area contributed by atoms with E-state index in [1.54, 1.807) is 92.7 Å². The predicted octanol–water partition coefficient (Wildman–Crippen LogP) is 3.16. The minimum atomic E-state index is -2.35. The number of amides is 1. The number of aliphatic hydroxyl groups is 4. The summed E-state index contributed by atoms with van der Waals surface area (Å²) in [7, 11) is 0. The van der Waals surface area contributed by atoms with Gasteiger partial charge in [0, 0.05) is 36.7 Å². The van der Waals surface area contributed by atoms with E-state index in [0.717, 1.165) is 6.92 Å². The van der Waals surface area contributed by atoms with E-state index in [2.05, 4.69) is 5.32 Å². The van der Waals surface area contributed by atoms with Crippen molar-refractivity contribution in [2.45, 2.75) is 101 Å². The molecule has 2 saturated carbocycles. The molecule has 4 aliphatic rings. The summed E-state index contributed by atoms with van der Waals surface area (Å²) in [6.07, 6.45) is -10.3. The van der Waals surface area contributed by atoms with Gasteiger partial charge in [0.25, 0.3) is 5.91 Å². The summed E-state index contributed by atoms with van der Waals surface area (Å²) in [6, 6.07) is 23.0. The Morgan fingerprint density at radius 1 is 0.847 bits per heavy atom. The number of aliphatic hydroxyl groups excluding tert-OH is 2. The van der Waals surface area contributed by atoms with Gasteiger partial charge in [-0.05, 0) is 54.8 Å². The molecule has 2 bridgehead atoms. The number of nitrogens with one attached hydrogen (secondary N) is 1. The molecule has 11 atom stereocenters. The molecule has 0 radical (unpaired) electrons. The third kappa shape index (κ3) is 6.86. The lowest BCUT2D eigenvalue weighted by atomic mass is 9.44. The van der Waals surface area contributed by atoms with Crippen LogP contribution in [0.5, 0.6) is 0 Å². The van der Waals surface area contributed by atoms with Gasteiger partial charge in [-0.3, -0.25) is 14.4 Å². The highest BCUT2D eigenvalue weighted by Crippen LogP contribution is 2.63. The molecule has 7 rings (SSSR count). The molecule has 312 valence electrons. The Labute approximate surface area is 341 Å². The smallest absolute Gasteiger partial charge is 0.338 e. The van der Waals surface area contributed by atoms with E-state index in [9.17, 15) is 39.6 Å². The van der Waals surface area contributed by atoms with Crippen LogP contribution >= 0.6 is 0 Å². The van der Waals surface area contributed by atoms with Gasteiger partial charge in [0.15, 0.2) is 18.0 Å². The monoisotopic (exact) mass is 811 g/mol. The second kappa shape index (κ2) is 15.4. The zero-order valence-corrected chi connectivity index (χ0v) is 33.4. The topological polar surface area (TPSA) is 215 Å². The van der Waals surface area contributed by atoms with E-state index >= 15 is 4.79 Å². The van der Waals surface area contributed by atoms with Crippen molar-refractivity contribution in [2.75, 3.05) is 6.61 Å². The third-order valence-corrected chi connectivity index (χ3v) is 13.2. The second-order valence-electron chi connectivity index (χ2n) is 16.8. The maximum Gasteiger partial charge on any atom is 0.338 e. The van der Waals surface area contributed by atoms with E-state index in [-0.39, 0.29) is 35.3 Å². The Bertz CT molecular complexity index is 2160. The van der Waals surface area contributed by atoms with Crippen molar-refractivity contribution in [3.63, 3.8) is 0 Å². The number of carbonyl (C=O) groups excluding carboxylic acids is 5. The molecule has 3 fully saturated rings. The van der Waals surface area contributed by atoms with Gasteiger partial charge >= 0.3 is 17.9 Å². The minimum absolute atomic E-state index is 0.0161. The molecule has 5 N–H and O–H groups in total. The molecule has 1 heterocycles. The van der Waals surface area contributed by atoms with Crippen molar-refractivity contribution in [1.82, 2.24) is 5.32 Å². The Morgan fingerprint density at radius 3 is 1.98 bits per heavy atom. The first-order valence-corrected chi connectivity index (χ1v) is 19.6. The van der Waals surface area contributed by atoms with Gasteiger partial charge in [-0.2, -0.15) is 0 Å². The van der Waals surface area contributed by atoms with Crippen LogP contribution in [0, 0.1) is 16.7 Å². The fraction of sp³-hybridized carbons (Fsp3) is 0.444. The second-order valence-corrected chi connectivity index (χ2v) is 16.8. The number of esters is 3. The molecule has 3 aromatic carbocycles. The first-order valence-electron chi connectivity index (χ1n) is 19.6. The summed E-state index contributed by atoms with van der Waals surface area (Å²) in [6.45, 7) is 6.81. The maximum atomic E-state index is 15.2. The Kier molecular flexibility index (Phi) is 10.9. The molecule has 1 aliphatic heterocycles. The van der Waals surface area contributed by atoms with Gasteiger partial charge in [0.1, 0.15) is 23.4 Å². The first-order chi connectivity index (χ1) is 27.9. The van der Waals surface area contributed by atoms with E-state index in [1.807, 2.05) is 0 Å². The first kappa shape index (κ1) is 41.9. The summed E-state index contributed by atoms with van der Waals surface area (Å²) in [5.74, 6) is -5.98. The van der Waals surface area contributed by atoms with Crippen LogP contribution in [0.4, 0.5) is 0 Å². The highest BCUT2D eigenvalue weighted by atomic mass is 16.6. The zero-order chi connectivity index (χ0) is 42.7. The molecular formula is C45H49NO13. The van der Waals surface area contributed by atoms with Crippen LogP contribution in [0.3, 0.4) is 0 Å². The van der Waals surface area contributed by atoms with E-state index in [1.165, 1.54) is 26.0 Å². The number of Topliss-reactive ketones (excluding diaryl/α,β-unsaturated/α-hetero) is 1. The SMILES string of the molecule is CC(=O)O[C@H]1C(=O)[C@@]2(C)[C@H]([C@H](OC(=O)c3ccccc3)[C@]3(O)C[C@@H](OC(=O)[C@H](O)[C@@H](NC(=O)c4ccccc4)c4ccccc4)C(C)=C1C3(C)C)[C@]1(O)CO[C@@H]1C[C@@H]2O. The molecule has 0 unspecified atom stereocenters. The molecule has 1 saturated heterocycles. The number of hydrogen-bond acceptors (Lipinski definition) is 13. The van der Waals surface area contributed by atoms with Crippen LogP contribution in [0.15, 0.2) is 102 Å². The lowest BCUT2D eigenvalue weighted by molar-refractivity contribution is -0.343. The molecule has 3 aliphatic carbocycles. The number of fused-ring (bicyclic) bond motifs is 5. The van der Waals surface area contributed by atoms with Gasteiger partial charge in [0.05, 0.1) is 35.8 Å². The van der Waals surface area contributed by atoms with Crippen molar-refractivity contribution < 1.29 is 63.3 Å². The number of benzene rings is 3. The molecular weight excluding hydrogens is 762 g/mol. The van der Waals surface area contributed by atoms with Gasteiger partial charge in [-0.1, -0.05) is 80.6 Å². The summed E-state index contributed by atoms with van der Waals surface area (Å²) in [5.41, 5.74) is -6.99. The standard InChI is InChI=1S/C45H49NO13/c1-24-29(58-41(53)34(49)33(26-15-9-6-10-16-26)46-39(51)27-17-11-7-12-18-27)22-45(55)38(59-40(52)28-19-13-8-14-20-28)36-43(5,30(48)21-31-44(36,54)23-56-31)37(50)35(57-25(2)47)32(24)42(45,3)4/h6-20,29-31,33-36,38,48-49,54-55H,21-23H2,1-5H3,(H,46,51)/t29-,30+,31-,33+,34-,35-,36+,38+,43-,44+,45-/m1/s1. The average Bonchev–Trinajstić information content (AvgIpc) is 3.21. The third-order valence-electron chi connectivity index (χ3n) is 13.2. The number of ether oxygens (including phenoxy) is 4. The number of rotatable bonds is 9. The fourth-order valence-electron chi connectivity index (χ4n) is 9.78. The van der Waals surface area contributed by atoms with Crippen molar-refractivity contribution in [3.8, 4) is 0 Å². The molecule has 1 amide bonds. The van der Waals surface area contributed by atoms with Crippen molar-refractivity contribution >= 4 is 29.6 Å². The van der Waals surface area contributed by atoms with Gasteiger partial charge in [-0.25, -0.2) is 9.59 Å². The molecule has 0 spiro atoms. The highest BCUT2D eigenvalue weighted by molar-refractivity contribution is 5.96. The molecule has 3 aromatic rings. The van der Waals surface area contributed by atoms with Crippen LogP contribution in [-0.2, 0) is 33.3 Å². The average molecular weight is 812 g/mol. The highest BCUT2D eigenvalue weighted by Gasteiger charge is 2.76. The van der Waals surface area contributed by atoms with Crippen molar-refractivity contribution in [1.29, 1.82) is 0 Å². The van der Waals surface area contributed by atoms with Crippen LogP contribution in [0.1, 0.15) is 79.8 Å². The Morgan fingerprint density at radius 2 is 1.42 bits per heavy atom. The number of carbonyl (C=O) groups is 5. The van der Waals surface area contributed by atoms with Crippen molar-refractivity contribution in [3.05, 3.63) is 119 Å². The Balaban J connectivity index is 1.36. The van der Waals surface area contributed by atoms with Gasteiger partial charge < -0.3 is 44.7 Å². The maximum absolute atomic E-state index is 15.2. The predicted molar refractivity (Wildman–Crippen MR) is 208 cm³/mol. The normalized spacial score (nSPS) is 33.0. The fourth-order valence-corrected chi connectivity index (χ4v) is 9.78. The molecule has 0 aromatic heterocycles. The molecule has 14 heteroatoms. The summed E-state index contributed by atoms with van der Waals surface area (Å²) in [5, 5.41) is 52.2. The van der Waals surface area contributed by atoms with Gasteiger partial charge in [0.2, 0.25) is 0 Å². The quantitative estimate of drug-likeness (QED) is 0.120. The van der Waals surface area contributed by atoms with Crippen LogP contribution in [0.25, 0.3) is 0 Å². The van der Waals surface area contributed by atoms with E-state index < -0.39 is 107 Å². The Hall–Kier alpha value is -5.25. The minimum Gasteiger partial charge on any atom is -0.456 e. The van der Waals surface area contributed by atoms with Gasteiger partial charge in [-0.15, -0.1) is 0 Å². The largest absolute Gasteiger partial charge is 0.456 e. The van der Waals surface area contributed by atoms with Crippen molar-refractivity contribution in [2.24, 2.45) is 16.7 Å². The summed E-state index contributed by atoms with van der Waals surface area (Å²) in [4.78, 5) is 69.7. The summed E-state index contributed by atoms with van der Waals surface area (Å²) >= 11 is 0. The van der Waals surface area contributed by atoms with E-state index in [4.69, 9.17) is 18.9 Å². The summed E-state index contributed by atoms with van der Waals surface area (Å²) < 4.78 is 23.8. The van der Waals surface area contributed by atoms with Crippen LogP contribution < -0.4 is 5.32 Å². The van der Waals surface area contributed by atoms with Crippen LogP contribution in [-0.4, -0.2) is 104 Å². The number of ketones is 1. The van der Waals surface area contributed by atoms with E-state index in [0.29, 0.717) is 5.56 Å². The zero-order valence-electron chi connectivity index (χ0n) is 33.4. The molecule has 14 nitrogen and oxygen atoms in total.